The zero-order valence-electron chi connectivity index (χ0n) is 15.2. The number of methoxy groups -OCH3 is 1. The van der Waals surface area contributed by atoms with Crippen molar-refractivity contribution < 1.29 is 19.0 Å². The van der Waals surface area contributed by atoms with Crippen LogP contribution in [0.5, 0.6) is 17.2 Å². The lowest BCUT2D eigenvalue weighted by molar-refractivity contribution is 0.285. The monoisotopic (exact) mass is 348 g/mol. The Morgan fingerprint density at radius 1 is 1.04 bits per heavy atom. The molecule has 138 valence electrons. The lowest BCUT2D eigenvalue weighted by Gasteiger charge is -2.10. The van der Waals surface area contributed by atoms with E-state index in [4.69, 9.17) is 13.9 Å². The molecule has 0 aliphatic heterocycles. The maximum atomic E-state index is 11.8. The predicted octanol–water partition coefficient (Wildman–Crippen LogP) is 5.03. The molecule has 0 fully saturated rings. The smallest absolute Gasteiger partial charge is 0.382 e. The summed E-state index contributed by atoms with van der Waals surface area (Å²) in [6.07, 6.45) is 9.61. The van der Waals surface area contributed by atoms with E-state index in [1.54, 1.807) is 25.3 Å². The summed E-state index contributed by atoms with van der Waals surface area (Å²) in [6.45, 7) is 2.68. The minimum absolute atomic E-state index is 0.192. The Hall–Kier alpha value is -2.17. The molecule has 5 nitrogen and oxygen atoms in total. The van der Waals surface area contributed by atoms with Crippen molar-refractivity contribution in [2.75, 3.05) is 13.7 Å². The molecule has 1 aromatic heterocycles. The van der Waals surface area contributed by atoms with Crippen LogP contribution < -0.4 is 15.1 Å². The maximum Gasteiger partial charge on any atom is 0.382 e. The van der Waals surface area contributed by atoms with Gasteiger partial charge in [-0.05, 0) is 18.6 Å². The molecule has 0 amide bonds. The highest BCUT2D eigenvalue weighted by molar-refractivity contribution is 5.86. The van der Waals surface area contributed by atoms with Gasteiger partial charge in [-0.25, -0.2) is 4.79 Å². The van der Waals surface area contributed by atoms with Crippen LogP contribution in [0.2, 0.25) is 0 Å². The maximum absolute atomic E-state index is 11.8. The van der Waals surface area contributed by atoms with Gasteiger partial charge in [0.05, 0.1) is 19.1 Å². The molecular formula is C20H28O5. The van der Waals surface area contributed by atoms with Gasteiger partial charge in [0, 0.05) is 6.07 Å². The molecular weight excluding hydrogens is 320 g/mol. The summed E-state index contributed by atoms with van der Waals surface area (Å²) >= 11 is 0. The van der Waals surface area contributed by atoms with Crippen molar-refractivity contribution in [2.24, 2.45) is 0 Å². The average molecular weight is 348 g/mol. The van der Waals surface area contributed by atoms with Crippen LogP contribution in [-0.4, -0.2) is 18.8 Å². The van der Waals surface area contributed by atoms with Crippen molar-refractivity contribution in [3.05, 3.63) is 28.6 Å². The molecule has 0 unspecified atom stereocenters. The molecule has 1 aromatic carbocycles. The lowest BCUT2D eigenvalue weighted by Crippen LogP contribution is -2.05. The first kappa shape index (κ1) is 19.2. The molecule has 0 aliphatic carbocycles. The van der Waals surface area contributed by atoms with Gasteiger partial charge in [-0.3, -0.25) is 0 Å². The highest BCUT2D eigenvalue weighted by Crippen LogP contribution is 2.33. The number of hydrogen-bond acceptors (Lipinski definition) is 5. The molecule has 0 aliphatic rings. The Morgan fingerprint density at radius 3 is 2.40 bits per heavy atom. The van der Waals surface area contributed by atoms with Gasteiger partial charge in [0.1, 0.15) is 11.3 Å². The molecule has 1 N–H and O–H groups in total. The number of aromatic hydroxyl groups is 1. The number of benzene rings is 1. The molecule has 2 aromatic rings. The van der Waals surface area contributed by atoms with Gasteiger partial charge in [0.15, 0.2) is 5.75 Å². The van der Waals surface area contributed by atoms with E-state index in [-0.39, 0.29) is 5.75 Å². The zero-order valence-corrected chi connectivity index (χ0v) is 15.2. The second-order valence-electron chi connectivity index (χ2n) is 6.25. The van der Waals surface area contributed by atoms with Crippen LogP contribution in [0.15, 0.2) is 27.4 Å². The Labute approximate surface area is 148 Å². The Morgan fingerprint density at radius 2 is 1.72 bits per heavy atom. The van der Waals surface area contributed by atoms with Crippen LogP contribution in [0.1, 0.15) is 58.3 Å². The van der Waals surface area contributed by atoms with E-state index < -0.39 is 11.4 Å². The normalized spacial score (nSPS) is 11.0. The van der Waals surface area contributed by atoms with E-state index in [0.717, 1.165) is 12.8 Å². The van der Waals surface area contributed by atoms with E-state index in [2.05, 4.69) is 6.92 Å². The van der Waals surface area contributed by atoms with Crippen molar-refractivity contribution in [3.8, 4) is 17.2 Å². The highest BCUT2D eigenvalue weighted by atomic mass is 16.5. The van der Waals surface area contributed by atoms with Gasteiger partial charge in [-0.2, -0.15) is 0 Å². The Bertz CT molecular complexity index is 720. The van der Waals surface area contributed by atoms with Gasteiger partial charge in [0.2, 0.25) is 5.75 Å². The fourth-order valence-corrected chi connectivity index (χ4v) is 2.83. The first-order chi connectivity index (χ1) is 12.2. The summed E-state index contributed by atoms with van der Waals surface area (Å²) in [5, 5.41) is 10.5. The molecule has 0 saturated carbocycles. The SMILES string of the molecule is CCCCCCCCCCOc1c(O)c(=O)oc2cc(OC)ccc12. The zero-order chi connectivity index (χ0) is 18.1. The lowest BCUT2D eigenvalue weighted by atomic mass is 10.1. The van der Waals surface area contributed by atoms with Crippen molar-refractivity contribution in [2.45, 2.75) is 58.3 Å². The van der Waals surface area contributed by atoms with Crippen LogP contribution in [-0.2, 0) is 0 Å². The standard InChI is InChI=1S/C20H28O5/c1-3-4-5-6-7-8-9-10-13-24-19-16-12-11-15(23-2)14-17(16)25-20(22)18(19)21/h11-12,14,21H,3-10,13H2,1-2H3. The molecule has 1 heterocycles. The molecule has 0 atom stereocenters. The molecule has 2 rings (SSSR count). The Balaban J connectivity index is 1.90. The fourth-order valence-electron chi connectivity index (χ4n) is 2.83. The van der Waals surface area contributed by atoms with Crippen LogP contribution in [0, 0.1) is 0 Å². The van der Waals surface area contributed by atoms with Crippen molar-refractivity contribution >= 4 is 11.0 Å². The number of hydrogen-bond donors (Lipinski definition) is 1. The molecule has 0 saturated heterocycles. The summed E-state index contributed by atoms with van der Waals surface area (Å²) in [7, 11) is 1.54. The molecule has 25 heavy (non-hydrogen) atoms. The van der Waals surface area contributed by atoms with E-state index in [9.17, 15) is 9.90 Å². The van der Waals surface area contributed by atoms with Crippen LogP contribution >= 0.6 is 0 Å². The van der Waals surface area contributed by atoms with Gasteiger partial charge >= 0.3 is 5.63 Å². The van der Waals surface area contributed by atoms with Gasteiger partial charge in [-0.15, -0.1) is 0 Å². The largest absolute Gasteiger partial charge is 0.499 e. The van der Waals surface area contributed by atoms with Crippen LogP contribution in [0.25, 0.3) is 11.0 Å². The fraction of sp³-hybridized carbons (Fsp3) is 0.550. The highest BCUT2D eigenvalue weighted by Gasteiger charge is 2.15. The minimum atomic E-state index is -0.799. The van der Waals surface area contributed by atoms with Gasteiger partial charge in [0.25, 0.3) is 0 Å². The number of fused-ring (bicyclic) bond motifs is 1. The minimum Gasteiger partial charge on any atom is -0.499 e. The molecule has 0 spiro atoms. The summed E-state index contributed by atoms with van der Waals surface area (Å²) in [5.74, 6) is 0.296. The molecule has 0 bridgehead atoms. The second kappa shape index (κ2) is 9.97. The third-order valence-corrected chi connectivity index (χ3v) is 4.29. The third kappa shape index (κ3) is 5.41. The summed E-state index contributed by atoms with van der Waals surface area (Å²) < 4.78 is 15.9. The Kier molecular flexibility index (Phi) is 7.64. The summed E-state index contributed by atoms with van der Waals surface area (Å²) in [5.41, 5.74) is -0.459. The number of unbranched alkanes of at least 4 members (excludes halogenated alkanes) is 7. The van der Waals surface area contributed by atoms with Crippen LogP contribution in [0.4, 0.5) is 0 Å². The predicted molar refractivity (Wildman–Crippen MR) is 98.8 cm³/mol. The van der Waals surface area contributed by atoms with E-state index in [1.165, 1.54) is 38.5 Å². The van der Waals surface area contributed by atoms with E-state index in [1.807, 2.05) is 0 Å². The number of ether oxygens (including phenoxy) is 2. The van der Waals surface area contributed by atoms with Crippen molar-refractivity contribution in [1.82, 2.24) is 0 Å². The molecule has 5 heteroatoms. The number of rotatable bonds is 11. The molecule has 0 radical (unpaired) electrons. The van der Waals surface area contributed by atoms with E-state index in [0.29, 0.717) is 23.3 Å². The summed E-state index contributed by atoms with van der Waals surface area (Å²) in [4.78, 5) is 11.8. The first-order valence-corrected chi connectivity index (χ1v) is 9.14. The van der Waals surface area contributed by atoms with Gasteiger partial charge in [-0.1, -0.05) is 51.9 Å². The average Bonchev–Trinajstić information content (AvgIpc) is 2.62. The second-order valence-corrected chi connectivity index (χ2v) is 6.25. The third-order valence-electron chi connectivity index (χ3n) is 4.29. The quantitative estimate of drug-likeness (QED) is 0.456. The van der Waals surface area contributed by atoms with Crippen LogP contribution in [0.3, 0.4) is 0 Å². The first-order valence-electron chi connectivity index (χ1n) is 9.14. The van der Waals surface area contributed by atoms with Crippen molar-refractivity contribution in [3.63, 3.8) is 0 Å². The topological polar surface area (TPSA) is 68.9 Å². The van der Waals surface area contributed by atoms with Crippen molar-refractivity contribution in [1.29, 1.82) is 0 Å². The summed E-state index contributed by atoms with van der Waals surface area (Å²) in [6, 6.07) is 5.07. The van der Waals surface area contributed by atoms with E-state index >= 15 is 0 Å². The van der Waals surface area contributed by atoms with Gasteiger partial charge < -0.3 is 19.0 Å².